The van der Waals surface area contributed by atoms with E-state index in [2.05, 4.69) is 15.3 Å². The van der Waals surface area contributed by atoms with Gasteiger partial charge in [0.1, 0.15) is 5.82 Å². The van der Waals surface area contributed by atoms with Crippen LogP contribution in [0.15, 0.2) is 0 Å². The lowest BCUT2D eigenvalue weighted by molar-refractivity contribution is 0.208. The van der Waals surface area contributed by atoms with Gasteiger partial charge in [0.2, 0.25) is 0 Å². The van der Waals surface area contributed by atoms with Crippen LogP contribution >= 0.6 is 0 Å². The molecule has 0 aliphatic heterocycles. The van der Waals surface area contributed by atoms with Gasteiger partial charge in [-0.05, 0) is 20.8 Å². The van der Waals surface area contributed by atoms with Gasteiger partial charge in [-0.3, -0.25) is 0 Å². The number of aliphatic hydroxyl groups excluding tert-OH is 1. The van der Waals surface area contributed by atoms with Gasteiger partial charge in [0, 0.05) is 6.54 Å². The Morgan fingerprint density at radius 1 is 1.43 bits per heavy atom. The molecule has 1 rings (SSSR count). The quantitative estimate of drug-likeness (QED) is 0.763. The number of rotatable bonds is 3. The summed E-state index contributed by atoms with van der Waals surface area (Å²) in [6, 6.07) is 0. The van der Waals surface area contributed by atoms with Crippen molar-refractivity contribution in [3.63, 3.8) is 0 Å². The SMILES string of the molecule is Cc1nc(C)c(F)c(NC[C@@H](C)O)n1. The van der Waals surface area contributed by atoms with Gasteiger partial charge in [0.05, 0.1) is 11.8 Å². The topological polar surface area (TPSA) is 58.0 Å². The molecule has 0 unspecified atom stereocenters. The van der Waals surface area contributed by atoms with Crippen molar-refractivity contribution < 1.29 is 9.50 Å². The predicted molar refractivity (Wildman–Crippen MR) is 51.6 cm³/mol. The molecule has 5 heteroatoms. The maximum absolute atomic E-state index is 13.4. The monoisotopic (exact) mass is 199 g/mol. The van der Waals surface area contributed by atoms with E-state index in [0.29, 0.717) is 11.5 Å². The summed E-state index contributed by atoms with van der Waals surface area (Å²) in [5.74, 6) is 0.198. The summed E-state index contributed by atoms with van der Waals surface area (Å²) in [6.45, 7) is 5.16. The Kier molecular flexibility index (Phi) is 3.35. The summed E-state index contributed by atoms with van der Waals surface area (Å²) in [5.41, 5.74) is 0.311. The molecule has 4 nitrogen and oxygen atoms in total. The van der Waals surface area contributed by atoms with Crippen LogP contribution in [0, 0.1) is 19.7 Å². The Morgan fingerprint density at radius 3 is 2.64 bits per heavy atom. The minimum absolute atomic E-state index is 0.149. The Hall–Kier alpha value is -1.23. The largest absolute Gasteiger partial charge is 0.392 e. The standard InChI is InChI=1S/C9H14FN3O/c1-5(14)4-11-9-8(10)6(2)12-7(3)13-9/h5,14H,4H2,1-3H3,(H,11,12,13)/t5-/m1/s1. The van der Waals surface area contributed by atoms with Crippen LogP contribution in [0.3, 0.4) is 0 Å². The zero-order chi connectivity index (χ0) is 10.7. The summed E-state index contributed by atoms with van der Waals surface area (Å²) >= 11 is 0. The number of nitrogens with zero attached hydrogens (tertiary/aromatic N) is 2. The fourth-order valence-corrected chi connectivity index (χ4v) is 1.06. The van der Waals surface area contributed by atoms with Gasteiger partial charge >= 0.3 is 0 Å². The van der Waals surface area contributed by atoms with E-state index in [1.165, 1.54) is 0 Å². The zero-order valence-electron chi connectivity index (χ0n) is 8.50. The molecule has 78 valence electrons. The number of hydrogen-bond acceptors (Lipinski definition) is 4. The first-order valence-electron chi connectivity index (χ1n) is 4.43. The zero-order valence-corrected chi connectivity index (χ0v) is 8.50. The fourth-order valence-electron chi connectivity index (χ4n) is 1.06. The average Bonchev–Trinajstić information content (AvgIpc) is 2.08. The Labute approximate surface area is 82.2 Å². The highest BCUT2D eigenvalue weighted by atomic mass is 19.1. The molecule has 0 aromatic carbocycles. The van der Waals surface area contributed by atoms with Gasteiger partial charge in [-0.2, -0.15) is 0 Å². The summed E-state index contributed by atoms with van der Waals surface area (Å²) in [5, 5.41) is 11.7. The van der Waals surface area contributed by atoms with Crippen molar-refractivity contribution in [2.45, 2.75) is 26.9 Å². The first-order valence-corrected chi connectivity index (χ1v) is 4.43. The van der Waals surface area contributed by atoms with Crippen molar-refractivity contribution in [2.75, 3.05) is 11.9 Å². The summed E-state index contributed by atoms with van der Waals surface area (Å²) < 4.78 is 13.4. The number of anilines is 1. The van der Waals surface area contributed by atoms with Gasteiger partial charge in [-0.1, -0.05) is 0 Å². The van der Waals surface area contributed by atoms with E-state index in [1.807, 2.05) is 0 Å². The lowest BCUT2D eigenvalue weighted by Crippen LogP contribution is -2.18. The van der Waals surface area contributed by atoms with Crippen molar-refractivity contribution in [2.24, 2.45) is 0 Å². The highest BCUT2D eigenvalue weighted by Crippen LogP contribution is 2.13. The normalized spacial score (nSPS) is 12.6. The van der Waals surface area contributed by atoms with Gasteiger partial charge in [0.15, 0.2) is 11.6 Å². The summed E-state index contributed by atoms with van der Waals surface area (Å²) in [6.07, 6.45) is -0.537. The smallest absolute Gasteiger partial charge is 0.186 e. The molecule has 0 bridgehead atoms. The van der Waals surface area contributed by atoms with Crippen molar-refractivity contribution >= 4 is 5.82 Å². The van der Waals surface area contributed by atoms with Crippen LogP contribution in [0.2, 0.25) is 0 Å². The maximum atomic E-state index is 13.4. The van der Waals surface area contributed by atoms with Crippen LogP contribution in [-0.4, -0.2) is 27.7 Å². The van der Waals surface area contributed by atoms with Crippen molar-refractivity contribution in [1.29, 1.82) is 0 Å². The van der Waals surface area contributed by atoms with Crippen molar-refractivity contribution in [1.82, 2.24) is 9.97 Å². The molecule has 0 spiro atoms. The van der Waals surface area contributed by atoms with E-state index in [9.17, 15) is 4.39 Å². The van der Waals surface area contributed by atoms with Crippen LogP contribution < -0.4 is 5.32 Å². The Balaban J connectivity index is 2.85. The van der Waals surface area contributed by atoms with Crippen LogP contribution in [0.4, 0.5) is 10.2 Å². The minimum atomic E-state index is -0.537. The minimum Gasteiger partial charge on any atom is -0.392 e. The molecule has 0 saturated heterocycles. The lowest BCUT2D eigenvalue weighted by atomic mass is 10.3. The van der Waals surface area contributed by atoms with Gasteiger partial charge < -0.3 is 10.4 Å². The molecule has 0 fully saturated rings. The first kappa shape index (κ1) is 10.8. The predicted octanol–water partition coefficient (Wildman–Crippen LogP) is 1.03. The molecule has 0 aliphatic rings. The second kappa shape index (κ2) is 4.32. The second-order valence-electron chi connectivity index (χ2n) is 3.25. The third kappa shape index (κ3) is 2.63. The number of aryl methyl sites for hydroxylation is 2. The lowest BCUT2D eigenvalue weighted by Gasteiger charge is -2.09. The third-order valence-electron chi connectivity index (χ3n) is 1.69. The Bertz CT molecular complexity index is 328. The molecular weight excluding hydrogens is 185 g/mol. The molecule has 0 radical (unpaired) electrons. The van der Waals surface area contributed by atoms with E-state index >= 15 is 0 Å². The number of nitrogens with one attached hydrogen (secondary N) is 1. The van der Waals surface area contributed by atoms with Crippen LogP contribution in [0.1, 0.15) is 18.4 Å². The molecule has 1 atom stereocenters. The van der Waals surface area contributed by atoms with Gasteiger partial charge in [-0.25, -0.2) is 14.4 Å². The number of aliphatic hydroxyl groups is 1. The van der Waals surface area contributed by atoms with Gasteiger partial charge in [0.25, 0.3) is 0 Å². The number of aromatic nitrogens is 2. The highest BCUT2D eigenvalue weighted by molar-refractivity contribution is 5.38. The molecule has 1 aromatic heterocycles. The van der Waals surface area contributed by atoms with Crippen LogP contribution in [-0.2, 0) is 0 Å². The molecule has 0 saturated carbocycles. The van der Waals surface area contributed by atoms with E-state index in [-0.39, 0.29) is 12.4 Å². The molecule has 1 aromatic rings. The molecule has 2 N–H and O–H groups in total. The first-order chi connectivity index (χ1) is 6.50. The van der Waals surface area contributed by atoms with Gasteiger partial charge in [-0.15, -0.1) is 0 Å². The maximum Gasteiger partial charge on any atom is 0.186 e. The molecule has 0 aliphatic carbocycles. The fraction of sp³-hybridized carbons (Fsp3) is 0.556. The van der Waals surface area contributed by atoms with E-state index in [0.717, 1.165) is 0 Å². The molecular formula is C9H14FN3O. The molecule has 1 heterocycles. The summed E-state index contributed by atoms with van der Waals surface area (Å²) in [7, 11) is 0. The number of halogens is 1. The molecule has 0 amide bonds. The second-order valence-corrected chi connectivity index (χ2v) is 3.25. The third-order valence-corrected chi connectivity index (χ3v) is 1.69. The number of hydrogen-bond donors (Lipinski definition) is 2. The van der Waals surface area contributed by atoms with E-state index in [4.69, 9.17) is 5.11 Å². The van der Waals surface area contributed by atoms with Crippen LogP contribution in [0.5, 0.6) is 0 Å². The van der Waals surface area contributed by atoms with E-state index in [1.54, 1.807) is 20.8 Å². The van der Waals surface area contributed by atoms with Crippen LogP contribution in [0.25, 0.3) is 0 Å². The molecule has 14 heavy (non-hydrogen) atoms. The summed E-state index contributed by atoms with van der Waals surface area (Å²) in [4.78, 5) is 7.77. The van der Waals surface area contributed by atoms with Crippen molar-refractivity contribution in [3.05, 3.63) is 17.3 Å². The highest BCUT2D eigenvalue weighted by Gasteiger charge is 2.09. The Morgan fingerprint density at radius 2 is 2.07 bits per heavy atom. The van der Waals surface area contributed by atoms with E-state index < -0.39 is 11.9 Å². The average molecular weight is 199 g/mol. The van der Waals surface area contributed by atoms with Crippen molar-refractivity contribution in [3.8, 4) is 0 Å².